The van der Waals surface area contributed by atoms with Gasteiger partial charge in [-0.3, -0.25) is 14.5 Å². The summed E-state index contributed by atoms with van der Waals surface area (Å²) in [5, 5.41) is 13.1. The van der Waals surface area contributed by atoms with Gasteiger partial charge in [-0.15, -0.1) is 0 Å². The predicted octanol–water partition coefficient (Wildman–Crippen LogP) is 5.68. The Kier molecular flexibility index (Phi) is 4.67. The monoisotopic (exact) mass is 423 g/mol. The number of carbonyl (C=O) groups excluding carboxylic acids is 2. The largest absolute Gasteiger partial charge is 0.507 e. The molecule has 1 saturated heterocycles. The molecule has 2 heterocycles. The fourth-order valence-electron chi connectivity index (χ4n) is 4.45. The van der Waals surface area contributed by atoms with E-state index in [9.17, 15) is 14.7 Å². The van der Waals surface area contributed by atoms with Gasteiger partial charge in [0.05, 0.1) is 11.8 Å². The van der Waals surface area contributed by atoms with Gasteiger partial charge < -0.3 is 9.52 Å². The van der Waals surface area contributed by atoms with E-state index in [1.54, 1.807) is 18.2 Å². The first kappa shape index (κ1) is 19.8. The van der Waals surface area contributed by atoms with Gasteiger partial charge in [-0.05, 0) is 48.4 Å². The Labute approximate surface area is 185 Å². The summed E-state index contributed by atoms with van der Waals surface area (Å²) >= 11 is 0. The third kappa shape index (κ3) is 3.02. The molecule has 1 aliphatic rings. The van der Waals surface area contributed by atoms with Crippen molar-refractivity contribution in [3.63, 3.8) is 0 Å². The third-order valence-corrected chi connectivity index (χ3v) is 5.91. The van der Waals surface area contributed by atoms with Crippen molar-refractivity contribution >= 4 is 33.9 Å². The molecule has 1 fully saturated rings. The van der Waals surface area contributed by atoms with Crippen molar-refractivity contribution in [3.05, 3.63) is 107 Å². The van der Waals surface area contributed by atoms with Crippen molar-refractivity contribution < 1.29 is 19.1 Å². The highest BCUT2D eigenvalue weighted by atomic mass is 16.3. The Hall–Kier alpha value is -4.12. The number of aryl methyl sites for hydroxylation is 2. The number of hydrogen-bond acceptors (Lipinski definition) is 4. The number of benzene rings is 3. The molecule has 3 aromatic carbocycles. The summed E-state index contributed by atoms with van der Waals surface area (Å²) in [7, 11) is 0. The SMILES string of the molecule is Cc1ccc(N2C(=O)C(=O)/C(=C(\O)c3cccc4ccccc34)C2c2ccco2)c(C)c1. The zero-order valence-electron chi connectivity index (χ0n) is 17.7. The highest BCUT2D eigenvalue weighted by Crippen LogP contribution is 2.44. The molecule has 0 aliphatic carbocycles. The number of nitrogens with zero attached hydrogens (tertiary/aromatic N) is 1. The van der Waals surface area contributed by atoms with Crippen LogP contribution in [-0.4, -0.2) is 16.8 Å². The number of furan rings is 1. The van der Waals surface area contributed by atoms with Crippen molar-refractivity contribution in [3.8, 4) is 0 Å². The number of ketones is 1. The van der Waals surface area contributed by atoms with Gasteiger partial charge in [-0.1, -0.05) is 60.2 Å². The van der Waals surface area contributed by atoms with Crippen molar-refractivity contribution in [2.24, 2.45) is 0 Å². The molecular weight excluding hydrogens is 402 g/mol. The van der Waals surface area contributed by atoms with Gasteiger partial charge in [0, 0.05) is 11.3 Å². The number of aliphatic hydroxyl groups is 1. The molecule has 1 N–H and O–H groups in total. The predicted molar refractivity (Wildman–Crippen MR) is 123 cm³/mol. The molecule has 4 aromatic rings. The number of anilines is 1. The molecule has 5 nitrogen and oxygen atoms in total. The zero-order chi connectivity index (χ0) is 22.4. The minimum absolute atomic E-state index is 0.0151. The molecule has 1 atom stereocenters. The van der Waals surface area contributed by atoms with Crippen LogP contribution in [0.1, 0.15) is 28.5 Å². The third-order valence-electron chi connectivity index (χ3n) is 5.91. The summed E-state index contributed by atoms with van der Waals surface area (Å²) in [6.45, 7) is 3.86. The van der Waals surface area contributed by atoms with E-state index in [2.05, 4.69) is 0 Å². The van der Waals surface area contributed by atoms with Crippen LogP contribution in [0.25, 0.3) is 16.5 Å². The second kappa shape index (κ2) is 7.54. The van der Waals surface area contributed by atoms with E-state index in [-0.39, 0.29) is 11.3 Å². The molecule has 0 spiro atoms. The summed E-state index contributed by atoms with van der Waals surface area (Å²) in [6.07, 6.45) is 1.50. The van der Waals surface area contributed by atoms with Gasteiger partial charge in [0.1, 0.15) is 17.6 Å². The van der Waals surface area contributed by atoms with Gasteiger partial charge >= 0.3 is 0 Å². The van der Waals surface area contributed by atoms with Gasteiger partial charge in [0.15, 0.2) is 0 Å². The summed E-state index contributed by atoms with van der Waals surface area (Å²) in [5.74, 6) is -1.24. The first-order valence-electron chi connectivity index (χ1n) is 10.4. The highest BCUT2D eigenvalue weighted by Gasteiger charge is 2.48. The van der Waals surface area contributed by atoms with E-state index < -0.39 is 17.7 Å². The standard InChI is InChI=1S/C27H21NO4/c1-16-12-13-21(17(2)15-16)28-24(22-11-6-14-32-22)23(26(30)27(28)31)25(29)20-10-5-8-18-7-3-4-9-19(18)20/h3-15,24,29H,1-2H3/b25-23-. The number of fused-ring (bicyclic) bond motifs is 1. The maximum Gasteiger partial charge on any atom is 0.300 e. The second-order valence-corrected chi connectivity index (χ2v) is 8.00. The minimum Gasteiger partial charge on any atom is -0.507 e. The normalized spacial score (nSPS) is 17.9. The average Bonchev–Trinajstić information content (AvgIpc) is 3.40. The maximum atomic E-state index is 13.3. The van der Waals surface area contributed by atoms with Crippen LogP contribution in [0.3, 0.4) is 0 Å². The second-order valence-electron chi connectivity index (χ2n) is 8.00. The maximum absolute atomic E-state index is 13.3. The quantitative estimate of drug-likeness (QED) is 0.262. The molecule has 0 radical (unpaired) electrons. The van der Waals surface area contributed by atoms with E-state index in [0.29, 0.717) is 17.0 Å². The molecule has 158 valence electrons. The van der Waals surface area contributed by atoms with Crippen LogP contribution >= 0.6 is 0 Å². The Balaban J connectivity index is 1.77. The van der Waals surface area contributed by atoms with Gasteiger partial charge in [0.25, 0.3) is 11.7 Å². The molecule has 0 bridgehead atoms. The first-order chi connectivity index (χ1) is 15.5. The number of rotatable bonds is 3. The summed E-state index contributed by atoms with van der Waals surface area (Å²) < 4.78 is 5.64. The molecule has 32 heavy (non-hydrogen) atoms. The molecule has 0 saturated carbocycles. The van der Waals surface area contributed by atoms with Gasteiger partial charge in [-0.25, -0.2) is 0 Å². The Morgan fingerprint density at radius 3 is 2.47 bits per heavy atom. The van der Waals surface area contributed by atoms with E-state index in [1.807, 2.05) is 68.4 Å². The highest BCUT2D eigenvalue weighted by molar-refractivity contribution is 6.51. The lowest BCUT2D eigenvalue weighted by Gasteiger charge is -2.25. The lowest BCUT2D eigenvalue weighted by molar-refractivity contribution is -0.132. The van der Waals surface area contributed by atoms with Crippen LogP contribution in [-0.2, 0) is 9.59 Å². The molecular formula is C27H21NO4. The van der Waals surface area contributed by atoms with Crippen LogP contribution in [0.2, 0.25) is 0 Å². The fourth-order valence-corrected chi connectivity index (χ4v) is 4.45. The molecule has 5 rings (SSSR count). The number of carbonyl (C=O) groups is 2. The lowest BCUT2D eigenvalue weighted by atomic mass is 9.95. The van der Waals surface area contributed by atoms with Crippen LogP contribution in [0.15, 0.2) is 89.0 Å². The molecule has 1 aromatic heterocycles. The average molecular weight is 423 g/mol. The topological polar surface area (TPSA) is 70.8 Å². The van der Waals surface area contributed by atoms with Crippen LogP contribution in [0.4, 0.5) is 5.69 Å². The Morgan fingerprint density at radius 1 is 0.938 bits per heavy atom. The zero-order valence-corrected chi connectivity index (χ0v) is 17.7. The molecule has 5 heteroatoms. The van der Waals surface area contributed by atoms with Gasteiger partial charge in [0.2, 0.25) is 0 Å². The molecule has 1 unspecified atom stereocenters. The first-order valence-corrected chi connectivity index (χ1v) is 10.4. The van der Waals surface area contributed by atoms with E-state index in [4.69, 9.17) is 4.42 Å². The molecule has 1 amide bonds. The van der Waals surface area contributed by atoms with E-state index in [1.165, 1.54) is 11.2 Å². The van der Waals surface area contributed by atoms with Crippen LogP contribution in [0.5, 0.6) is 0 Å². The smallest absolute Gasteiger partial charge is 0.300 e. The Morgan fingerprint density at radius 2 is 1.72 bits per heavy atom. The minimum atomic E-state index is -0.870. The Bertz CT molecular complexity index is 1390. The number of hydrogen-bond donors (Lipinski definition) is 1. The van der Waals surface area contributed by atoms with Crippen molar-refractivity contribution in [2.75, 3.05) is 4.90 Å². The fraction of sp³-hybridized carbons (Fsp3) is 0.111. The number of Topliss-reactive ketones (excluding diaryl/α,β-unsaturated/α-hetero) is 1. The van der Waals surface area contributed by atoms with Crippen molar-refractivity contribution in [2.45, 2.75) is 19.9 Å². The van der Waals surface area contributed by atoms with Crippen LogP contribution < -0.4 is 4.90 Å². The van der Waals surface area contributed by atoms with E-state index in [0.717, 1.165) is 21.9 Å². The number of amides is 1. The van der Waals surface area contributed by atoms with Crippen molar-refractivity contribution in [1.29, 1.82) is 0 Å². The molecule has 1 aliphatic heterocycles. The lowest BCUT2D eigenvalue weighted by Crippen LogP contribution is -2.30. The van der Waals surface area contributed by atoms with E-state index >= 15 is 0 Å². The van der Waals surface area contributed by atoms with Gasteiger partial charge in [-0.2, -0.15) is 0 Å². The summed E-state index contributed by atoms with van der Waals surface area (Å²) in [4.78, 5) is 27.9. The summed E-state index contributed by atoms with van der Waals surface area (Å²) in [6, 6.07) is 21.3. The number of aliphatic hydroxyl groups excluding tert-OH is 1. The van der Waals surface area contributed by atoms with Crippen molar-refractivity contribution in [1.82, 2.24) is 0 Å². The summed E-state index contributed by atoms with van der Waals surface area (Å²) in [5.41, 5.74) is 3.03. The van der Waals surface area contributed by atoms with Crippen LogP contribution in [0, 0.1) is 13.8 Å².